The van der Waals surface area contributed by atoms with E-state index < -0.39 is 0 Å². The Kier molecular flexibility index (Phi) is 7.98. The number of hydrogen-bond acceptors (Lipinski definition) is 8. The molecular weight excluding hydrogens is 406 g/mol. The average Bonchev–Trinajstić information content (AvgIpc) is 3.46. The van der Waals surface area contributed by atoms with Gasteiger partial charge in [0.25, 0.3) is 5.91 Å². The first kappa shape index (κ1) is 21.5. The van der Waals surface area contributed by atoms with Crippen LogP contribution in [0.4, 0.5) is 5.13 Å². The van der Waals surface area contributed by atoms with Crippen LogP contribution in [0.2, 0.25) is 0 Å². The van der Waals surface area contributed by atoms with Crippen molar-refractivity contribution in [3.63, 3.8) is 0 Å². The summed E-state index contributed by atoms with van der Waals surface area (Å²) in [6, 6.07) is 1.71. The Bertz CT molecular complexity index is 931. The molecule has 0 fully saturated rings. The largest absolute Gasteiger partial charge is 0.384 e. The molecule has 0 saturated heterocycles. The van der Waals surface area contributed by atoms with Gasteiger partial charge in [0.2, 0.25) is 5.91 Å². The van der Waals surface area contributed by atoms with Crippen LogP contribution in [0.3, 0.4) is 0 Å². The van der Waals surface area contributed by atoms with Crippen molar-refractivity contribution in [3.05, 3.63) is 54.1 Å². The van der Waals surface area contributed by atoms with Crippen molar-refractivity contribution in [2.75, 3.05) is 25.2 Å². The lowest BCUT2D eigenvalue weighted by atomic mass is 10.3. The average molecular weight is 430 g/mol. The monoisotopic (exact) mass is 429 g/mol. The van der Waals surface area contributed by atoms with Crippen LogP contribution in [0.1, 0.15) is 28.3 Å². The predicted molar refractivity (Wildman–Crippen MR) is 111 cm³/mol. The number of thiazole rings is 1. The van der Waals surface area contributed by atoms with Gasteiger partial charge >= 0.3 is 0 Å². The maximum absolute atomic E-state index is 12.7. The number of rotatable bonds is 11. The van der Waals surface area contributed by atoms with Crippen LogP contribution in [0.5, 0.6) is 0 Å². The predicted octanol–water partition coefficient (Wildman–Crippen LogP) is 1.52. The molecule has 0 aliphatic rings. The summed E-state index contributed by atoms with van der Waals surface area (Å²) in [4.78, 5) is 43.6. The van der Waals surface area contributed by atoms with Gasteiger partial charge in [0, 0.05) is 45.0 Å². The molecule has 2 amide bonds. The molecule has 3 aromatic heterocycles. The molecule has 0 radical (unpaired) electrons. The van der Waals surface area contributed by atoms with Gasteiger partial charge < -0.3 is 14.6 Å². The van der Waals surface area contributed by atoms with Crippen molar-refractivity contribution in [1.82, 2.24) is 29.8 Å². The lowest BCUT2D eigenvalue weighted by Gasteiger charge is -2.18. The summed E-state index contributed by atoms with van der Waals surface area (Å²) in [5, 5.41) is 3.30. The Balaban J connectivity index is 1.61. The molecule has 0 aliphatic carbocycles. The highest BCUT2D eigenvalue weighted by Crippen LogP contribution is 2.24. The number of ether oxygens (including phenoxy) is 1. The summed E-state index contributed by atoms with van der Waals surface area (Å²) < 4.78 is 6.96. The maximum Gasteiger partial charge on any atom is 0.263 e. The molecule has 3 rings (SSSR count). The molecule has 158 valence electrons. The van der Waals surface area contributed by atoms with Crippen LogP contribution in [0.25, 0.3) is 0 Å². The number of carbonyl (C=O) groups excluding carboxylic acids is 2. The Hall–Kier alpha value is -3.18. The van der Waals surface area contributed by atoms with Gasteiger partial charge in [-0.15, -0.1) is 0 Å². The standard InChI is InChI=1S/C19H23N7O3S/c1-29-11-4-17(27)26(13-16-21-5-2-6-22-16)19-24-12-15(30-19)18(28)23-7-3-9-25-10-8-20-14-25/h2,5-6,8,10,12,14H,3-4,7,9,11,13H2,1H3,(H,23,28). The summed E-state index contributed by atoms with van der Waals surface area (Å²) >= 11 is 1.16. The zero-order valence-corrected chi connectivity index (χ0v) is 17.4. The molecule has 30 heavy (non-hydrogen) atoms. The van der Waals surface area contributed by atoms with E-state index in [1.165, 1.54) is 18.2 Å². The molecule has 0 atom stereocenters. The number of anilines is 1. The second-order valence-corrected chi connectivity index (χ2v) is 7.31. The van der Waals surface area contributed by atoms with Crippen molar-refractivity contribution < 1.29 is 14.3 Å². The van der Waals surface area contributed by atoms with Gasteiger partial charge in [0.05, 0.1) is 32.1 Å². The number of imidazole rings is 1. The third-order valence-electron chi connectivity index (χ3n) is 4.13. The number of aromatic nitrogens is 5. The Morgan fingerprint density at radius 1 is 1.23 bits per heavy atom. The summed E-state index contributed by atoms with van der Waals surface area (Å²) in [5.41, 5.74) is 0. The second kappa shape index (κ2) is 11.1. The zero-order chi connectivity index (χ0) is 21.2. The molecule has 3 aromatic rings. The van der Waals surface area contributed by atoms with E-state index in [1.807, 2.05) is 10.8 Å². The zero-order valence-electron chi connectivity index (χ0n) is 16.6. The van der Waals surface area contributed by atoms with Gasteiger partial charge in [-0.05, 0) is 12.5 Å². The molecule has 0 saturated carbocycles. The summed E-state index contributed by atoms with van der Waals surface area (Å²) in [6.45, 7) is 1.76. The molecule has 0 aromatic carbocycles. The Labute approximate surface area is 178 Å². The topological polar surface area (TPSA) is 115 Å². The molecule has 0 unspecified atom stereocenters. The molecule has 0 bridgehead atoms. The van der Waals surface area contributed by atoms with Crippen LogP contribution in [0.15, 0.2) is 43.4 Å². The van der Waals surface area contributed by atoms with Crippen LogP contribution in [-0.2, 0) is 22.6 Å². The number of aryl methyl sites for hydroxylation is 1. The maximum atomic E-state index is 12.7. The Morgan fingerprint density at radius 2 is 2.07 bits per heavy atom. The minimum absolute atomic E-state index is 0.170. The minimum Gasteiger partial charge on any atom is -0.384 e. The number of carbonyl (C=O) groups is 2. The summed E-state index contributed by atoms with van der Waals surface area (Å²) in [5.74, 6) is 0.0968. The van der Waals surface area contributed by atoms with Crippen LogP contribution in [-0.4, -0.2) is 56.6 Å². The number of nitrogens with one attached hydrogen (secondary N) is 1. The fourth-order valence-corrected chi connectivity index (χ4v) is 3.45. The van der Waals surface area contributed by atoms with E-state index in [-0.39, 0.29) is 24.8 Å². The highest BCUT2D eigenvalue weighted by Gasteiger charge is 2.22. The first-order valence-electron chi connectivity index (χ1n) is 9.42. The van der Waals surface area contributed by atoms with Crippen molar-refractivity contribution in [1.29, 1.82) is 0 Å². The number of hydrogen-bond donors (Lipinski definition) is 1. The molecule has 11 heteroatoms. The smallest absolute Gasteiger partial charge is 0.263 e. The van der Waals surface area contributed by atoms with Gasteiger partial charge in [-0.1, -0.05) is 11.3 Å². The van der Waals surface area contributed by atoms with E-state index in [0.29, 0.717) is 29.0 Å². The lowest BCUT2D eigenvalue weighted by Crippen LogP contribution is -2.31. The van der Waals surface area contributed by atoms with Gasteiger partial charge in [0.15, 0.2) is 5.13 Å². The van der Waals surface area contributed by atoms with Crippen molar-refractivity contribution in [2.24, 2.45) is 0 Å². The van der Waals surface area contributed by atoms with Crippen molar-refractivity contribution in [2.45, 2.75) is 25.9 Å². The molecule has 3 heterocycles. The fourth-order valence-electron chi connectivity index (χ4n) is 2.60. The molecule has 10 nitrogen and oxygen atoms in total. The first-order chi connectivity index (χ1) is 14.7. The third kappa shape index (κ3) is 6.16. The fraction of sp³-hybridized carbons (Fsp3) is 0.368. The molecule has 1 N–H and O–H groups in total. The normalized spacial score (nSPS) is 10.7. The molecule has 0 aliphatic heterocycles. The number of methoxy groups -OCH3 is 1. The van der Waals surface area contributed by atoms with E-state index in [0.717, 1.165) is 24.3 Å². The van der Waals surface area contributed by atoms with Crippen LogP contribution >= 0.6 is 11.3 Å². The second-order valence-electron chi connectivity index (χ2n) is 6.30. The number of nitrogens with zero attached hydrogens (tertiary/aromatic N) is 6. The number of amides is 2. The minimum atomic E-state index is -0.218. The van der Waals surface area contributed by atoms with Crippen molar-refractivity contribution in [3.8, 4) is 0 Å². The van der Waals surface area contributed by atoms with Crippen molar-refractivity contribution >= 4 is 28.3 Å². The third-order valence-corrected chi connectivity index (χ3v) is 5.14. The van der Waals surface area contributed by atoms with Gasteiger partial charge in [-0.25, -0.2) is 19.9 Å². The molecule has 0 spiro atoms. The van der Waals surface area contributed by atoms with Crippen LogP contribution < -0.4 is 10.2 Å². The van der Waals surface area contributed by atoms with Gasteiger partial charge in [-0.2, -0.15) is 0 Å². The van der Waals surface area contributed by atoms with E-state index in [9.17, 15) is 9.59 Å². The van der Waals surface area contributed by atoms with E-state index >= 15 is 0 Å². The van der Waals surface area contributed by atoms with Crippen LogP contribution in [0, 0.1) is 0 Å². The van der Waals surface area contributed by atoms with Gasteiger partial charge in [0.1, 0.15) is 10.7 Å². The highest BCUT2D eigenvalue weighted by molar-refractivity contribution is 7.17. The van der Waals surface area contributed by atoms with E-state index in [2.05, 4.69) is 25.3 Å². The van der Waals surface area contributed by atoms with E-state index in [1.54, 1.807) is 31.0 Å². The summed E-state index contributed by atoms with van der Waals surface area (Å²) in [6.07, 6.45) is 11.0. The first-order valence-corrected chi connectivity index (χ1v) is 10.2. The van der Waals surface area contributed by atoms with Gasteiger partial charge in [-0.3, -0.25) is 14.5 Å². The lowest BCUT2D eigenvalue weighted by molar-refractivity contribution is -0.119. The van der Waals surface area contributed by atoms with E-state index in [4.69, 9.17) is 4.74 Å². The quantitative estimate of drug-likeness (QED) is 0.460. The highest BCUT2D eigenvalue weighted by atomic mass is 32.1. The Morgan fingerprint density at radius 3 is 2.80 bits per heavy atom. The summed E-state index contributed by atoms with van der Waals surface area (Å²) in [7, 11) is 1.54. The molecular formula is C19H23N7O3S. The SMILES string of the molecule is COCCC(=O)N(Cc1ncccn1)c1ncc(C(=O)NCCCn2ccnc2)s1.